The highest BCUT2D eigenvalue weighted by Gasteiger charge is 2.29. The summed E-state index contributed by atoms with van der Waals surface area (Å²) in [6.45, 7) is 9.61. The number of nitrogens with zero attached hydrogens (tertiary/aromatic N) is 1. The van der Waals surface area contributed by atoms with Crippen LogP contribution in [0, 0.1) is 0 Å². The van der Waals surface area contributed by atoms with Crippen LogP contribution in [0.15, 0.2) is 24.3 Å². The molecule has 3 nitrogen and oxygen atoms in total. The molecule has 0 spiro atoms. The Kier molecular flexibility index (Phi) is 7.03. The van der Waals surface area contributed by atoms with E-state index in [1.807, 2.05) is 6.07 Å². The summed E-state index contributed by atoms with van der Waals surface area (Å²) < 4.78 is 5.31. The van der Waals surface area contributed by atoms with Gasteiger partial charge in [0.1, 0.15) is 5.75 Å². The lowest BCUT2D eigenvalue weighted by molar-refractivity contribution is 0.110. The van der Waals surface area contributed by atoms with Crippen molar-refractivity contribution in [3.8, 4) is 5.75 Å². The molecular weight excluding hydrogens is 248 g/mol. The molecule has 0 aromatic heterocycles. The SMILES string of the molecule is CCCN(CCC)C(C)(CN)Cc1cccc(OC)c1. The number of methoxy groups -OCH3 is 1. The Morgan fingerprint density at radius 3 is 2.35 bits per heavy atom. The van der Waals surface area contributed by atoms with Crippen molar-refractivity contribution in [3.63, 3.8) is 0 Å². The molecule has 2 N–H and O–H groups in total. The predicted molar refractivity (Wildman–Crippen MR) is 86.3 cm³/mol. The van der Waals surface area contributed by atoms with Crippen molar-refractivity contribution in [2.75, 3.05) is 26.7 Å². The van der Waals surface area contributed by atoms with Crippen molar-refractivity contribution >= 4 is 0 Å². The summed E-state index contributed by atoms with van der Waals surface area (Å²) >= 11 is 0. The second kappa shape index (κ2) is 8.28. The third-order valence-corrected chi connectivity index (χ3v) is 3.91. The number of hydrogen-bond acceptors (Lipinski definition) is 3. The van der Waals surface area contributed by atoms with Crippen molar-refractivity contribution in [2.45, 2.75) is 45.6 Å². The van der Waals surface area contributed by atoms with Gasteiger partial charge in [0.05, 0.1) is 7.11 Å². The van der Waals surface area contributed by atoms with Gasteiger partial charge in [-0.25, -0.2) is 0 Å². The summed E-state index contributed by atoms with van der Waals surface area (Å²) in [7, 11) is 1.71. The first-order valence-electron chi connectivity index (χ1n) is 7.67. The zero-order valence-electron chi connectivity index (χ0n) is 13.5. The van der Waals surface area contributed by atoms with E-state index < -0.39 is 0 Å². The fourth-order valence-corrected chi connectivity index (χ4v) is 2.73. The van der Waals surface area contributed by atoms with Gasteiger partial charge in [-0.2, -0.15) is 0 Å². The molecule has 3 heteroatoms. The zero-order chi connectivity index (χ0) is 15.0. The minimum Gasteiger partial charge on any atom is -0.497 e. The van der Waals surface area contributed by atoms with Gasteiger partial charge >= 0.3 is 0 Å². The lowest BCUT2D eigenvalue weighted by atomic mass is 9.90. The molecule has 0 amide bonds. The Labute approximate surface area is 124 Å². The molecule has 0 aliphatic rings. The van der Waals surface area contributed by atoms with Gasteiger partial charge in [-0.05, 0) is 57.0 Å². The average molecular weight is 278 g/mol. The van der Waals surface area contributed by atoms with E-state index in [2.05, 4.69) is 43.9 Å². The molecular formula is C17H30N2O. The van der Waals surface area contributed by atoms with Gasteiger partial charge in [0.15, 0.2) is 0 Å². The maximum absolute atomic E-state index is 6.11. The number of ether oxygens (including phenoxy) is 1. The highest BCUT2D eigenvalue weighted by atomic mass is 16.5. The number of nitrogens with two attached hydrogens (primary N) is 1. The summed E-state index contributed by atoms with van der Waals surface area (Å²) in [6, 6.07) is 8.31. The van der Waals surface area contributed by atoms with Gasteiger partial charge in [-0.1, -0.05) is 26.0 Å². The first-order chi connectivity index (χ1) is 9.59. The van der Waals surface area contributed by atoms with Crippen LogP contribution in [0.1, 0.15) is 39.2 Å². The minimum atomic E-state index is 0.0123. The number of benzene rings is 1. The molecule has 20 heavy (non-hydrogen) atoms. The van der Waals surface area contributed by atoms with E-state index in [4.69, 9.17) is 10.5 Å². The van der Waals surface area contributed by atoms with Crippen LogP contribution in [-0.4, -0.2) is 37.2 Å². The molecule has 0 radical (unpaired) electrons. The summed E-state index contributed by atoms with van der Waals surface area (Å²) in [5, 5.41) is 0. The molecule has 114 valence electrons. The Hall–Kier alpha value is -1.06. The first kappa shape index (κ1) is 17.0. The first-order valence-corrected chi connectivity index (χ1v) is 7.67. The summed E-state index contributed by atoms with van der Waals surface area (Å²) in [6.07, 6.45) is 3.28. The molecule has 0 bridgehead atoms. The molecule has 1 unspecified atom stereocenters. The van der Waals surface area contributed by atoms with E-state index in [1.54, 1.807) is 7.11 Å². The van der Waals surface area contributed by atoms with Crippen molar-refractivity contribution in [1.29, 1.82) is 0 Å². The number of rotatable bonds is 9. The van der Waals surface area contributed by atoms with Crippen LogP contribution < -0.4 is 10.5 Å². The summed E-state index contributed by atoms with van der Waals surface area (Å²) in [5.41, 5.74) is 7.41. The predicted octanol–water partition coefficient (Wildman–Crippen LogP) is 3.08. The van der Waals surface area contributed by atoms with E-state index in [1.165, 1.54) is 5.56 Å². The second-order valence-electron chi connectivity index (χ2n) is 5.72. The van der Waals surface area contributed by atoms with Gasteiger partial charge in [0.2, 0.25) is 0 Å². The lowest BCUT2D eigenvalue weighted by Gasteiger charge is -2.41. The third-order valence-electron chi connectivity index (χ3n) is 3.91. The van der Waals surface area contributed by atoms with Crippen molar-refractivity contribution in [2.24, 2.45) is 5.73 Å². The van der Waals surface area contributed by atoms with Gasteiger partial charge in [0, 0.05) is 12.1 Å². The van der Waals surface area contributed by atoms with E-state index in [-0.39, 0.29) is 5.54 Å². The van der Waals surface area contributed by atoms with E-state index in [0.717, 1.165) is 38.1 Å². The van der Waals surface area contributed by atoms with Gasteiger partial charge in [-0.15, -0.1) is 0 Å². The Balaban J connectivity index is 2.90. The minimum absolute atomic E-state index is 0.0123. The van der Waals surface area contributed by atoms with Crippen molar-refractivity contribution in [3.05, 3.63) is 29.8 Å². The smallest absolute Gasteiger partial charge is 0.119 e. The molecule has 0 saturated carbocycles. The standard InChI is InChI=1S/C17H30N2O/c1-5-10-19(11-6-2)17(3,14-18)13-15-8-7-9-16(12-15)20-4/h7-9,12H,5-6,10-11,13-14,18H2,1-4H3. The quantitative estimate of drug-likeness (QED) is 0.754. The van der Waals surface area contributed by atoms with Gasteiger partial charge < -0.3 is 10.5 Å². The van der Waals surface area contributed by atoms with Crippen molar-refractivity contribution in [1.82, 2.24) is 4.90 Å². The van der Waals surface area contributed by atoms with Crippen LogP contribution >= 0.6 is 0 Å². The van der Waals surface area contributed by atoms with Crippen LogP contribution in [0.25, 0.3) is 0 Å². The van der Waals surface area contributed by atoms with E-state index in [0.29, 0.717) is 6.54 Å². The summed E-state index contributed by atoms with van der Waals surface area (Å²) in [5.74, 6) is 0.916. The number of hydrogen-bond donors (Lipinski definition) is 1. The van der Waals surface area contributed by atoms with E-state index >= 15 is 0 Å². The maximum atomic E-state index is 6.11. The fraction of sp³-hybridized carbons (Fsp3) is 0.647. The largest absolute Gasteiger partial charge is 0.497 e. The lowest BCUT2D eigenvalue weighted by Crippen LogP contribution is -2.53. The average Bonchev–Trinajstić information content (AvgIpc) is 2.47. The molecule has 0 saturated heterocycles. The van der Waals surface area contributed by atoms with Crippen LogP contribution in [-0.2, 0) is 6.42 Å². The second-order valence-corrected chi connectivity index (χ2v) is 5.72. The Morgan fingerprint density at radius 1 is 1.20 bits per heavy atom. The normalized spacial score (nSPS) is 14.3. The summed E-state index contributed by atoms with van der Waals surface area (Å²) in [4.78, 5) is 2.53. The monoisotopic (exact) mass is 278 g/mol. The van der Waals surface area contributed by atoms with Crippen LogP contribution in [0.4, 0.5) is 0 Å². The molecule has 0 fully saturated rings. The van der Waals surface area contributed by atoms with Crippen LogP contribution in [0.5, 0.6) is 5.75 Å². The van der Waals surface area contributed by atoms with Crippen LogP contribution in [0.2, 0.25) is 0 Å². The molecule has 1 aromatic rings. The molecule has 1 aromatic carbocycles. The van der Waals surface area contributed by atoms with Gasteiger partial charge in [0.25, 0.3) is 0 Å². The fourth-order valence-electron chi connectivity index (χ4n) is 2.73. The maximum Gasteiger partial charge on any atom is 0.119 e. The Morgan fingerprint density at radius 2 is 1.85 bits per heavy atom. The van der Waals surface area contributed by atoms with Gasteiger partial charge in [-0.3, -0.25) is 4.90 Å². The van der Waals surface area contributed by atoms with Crippen molar-refractivity contribution < 1.29 is 4.74 Å². The molecule has 0 heterocycles. The molecule has 1 atom stereocenters. The molecule has 0 aliphatic heterocycles. The highest BCUT2D eigenvalue weighted by Crippen LogP contribution is 2.23. The highest BCUT2D eigenvalue weighted by molar-refractivity contribution is 5.29. The zero-order valence-corrected chi connectivity index (χ0v) is 13.5. The Bertz CT molecular complexity index is 388. The topological polar surface area (TPSA) is 38.5 Å². The van der Waals surface area contributed by atoms with E-state index in [9.17, 15) is 0 Å². The molecule has 1 rings (SSSR count). The third kappa shape index (κ3) is 4.50. The van der Waals surface area contributed by atoms with Crippen LogP contribution in [0.3, 0.4) is 0 Å². The molecule has 0 aliphatic carbocycles.